The minimum atomic E-state index is 0.335. The molecule has 2 fully saturated rings. The maximum Gasteiger partial charge on any atom is 0.00454 e. The summed E-state index contributed by atoms with van der Waals surface area (Å²) in [6.45, 7) is 33.1. The van der Waals surface area contributed by atoms with Crippen LogP contribution in [0.15, 0.2) is 0 Å². The normalized spacial score (nSPS) is 23.0. The van der Waals surface area contributed by atoms with Crippen molar-refractivity contribution in [2.75, 3.05) is 39.3 Å². The third kappa shape index (κ3) is 7.21. The maximum atomic E-state index is 2.81. The van der Waals surface area contributed by atoms with E-state index in [2.05, 4.69) is 79.0 Å². The highest BCUT2D eigenvalue weighted by Crippen LogP contribution is 2.51. The van der Waals surface area contributed by atoms with E-state index >= 15 is 0 Å². The van der Waals surface area contributed by atoms with Gasteiger partial charge < -0.3 is 9.80 Å². The van der Waals surface area contributed by atoms with Crippen molar-refractivity contribution in [3.8, 4) is 0 Å². The van der Waals surface area contributed by atoms with Crippen LogP contribution in [-0.2, 0) is 0 Å². The van der Waals surface area contributed by atoms with Crippen LogP contribution in [0.5, 0.6) is 0 Å². The van der Waals surface area contributed by atoms with Crippen LogP contribution in [0.2, 0.25) is 0 Å². The summed E-state index contributed by atoms with van der Waals surface area (Å²) in [7, 11) is 0. The van der Waals surface area contributed by atoms with Crippen molar-refractivity contribution in [3.05, 3.63) is 0 Å². The lowest BCUT2D eigenvalue weighted by Gasteiger charge is -2.52. The average molecular weight is 449 g/mol. The van der Waals surface area contributed by atoms with Crippen LogP contribution in [0.3, 0.4) is 0 Å². The second-order valence-corrected chi connectivity index (χ2v) is 14.7. The second kappa shape index (κ2) is 11.1. The molecule has 2 heteroatoms. The van der Waals surface area contributed by atoms with Gasteiger partial charge in [-0.2, -0.15) is 0 Å². The molecule has 0 N–H and O–H groups in total. The summed E-state index contributed by atoms with van der Waals surface area (Å²) < 4.78 is 0. The Morgan fingerprint density at radius 1 is 0.656 bits per heavy atom. The van der Waals surface area contributed by atoms with Crippen LogP contribution in [-0.4, -0.2) is 49.1 Å². The molecule has 190 valence electrons. The lowest BCUT2D eigenvalue weighted by Crippen LogP contribution is -2.50. The Hall–Kier alpha value is -0.0800. The first-order valence-electron chi connectivity index (χ1n) is 14.1. The Balaban J connectivity index is 2.12. The summed E-state index contributed by atoms with van der Waals surface area (Å²) >= 11 is 0. The highest BCUT2D eigenvalue weighted by atomic mass is 15.1. The lowest BCUT2D eigenvalue weighted by atomic mass is 9.56. The van der Waals surface area contributed by atoms with Gasteiger partial charge in [0, 0.05) is 13.1 Å². The van der Waals surface area contributed by atoms with Crippen molar-refractivity contribution in [3.63, 3.8) is 0 Å². The van der Waals surface area contributed by atoms with E-state index in [0.29, 0.717) is 21.7 Å². The molecule has 0 bridgehead atoms. The van der Waals surface area contributed by atoms with Crippen LogP contribution in [0.25, 0.3) is 0 Å². The summed E-state index contributed by atoms with van der Waals surface area (Å²) in [5, 5.41) is 0. The molecule has 0 aromatic carbocycles. The van der Waals surface area contributed by atoms with Crippen molar-refractivity contribution in [2.24, 2.45) is 33.5 Å². The molecule has 0 aromatic heterocycles. The molecule has 2 heterocycles. The fourth-order valence-corrected chi connectivity index (χ4v) is 7.50. The number of nitrogens with zero attached hydrogens (tertiary/aromatic N) is 2. The van der Waals surface area contributed by atoms with Crippen molar-refractivity contribution in [1.82, 2.24) is 9.80 Å². The molecule has 0 saturated carbocycles. The van der Waals surface area contributed by atoms with E-state index in [0.717, 1.165) is 11.8 Å². The number of hydrogen-bond donors (Lipinski definition) is 0. The number of rotatable bonds is 10. The van der Waals surface area contributed by atoms with E-state index in [1.807, 2.05) is 0 Å². The van der Waals surface area contributed by atoms with Gasteiger partial charge in [-0.25, -0.2) is 0 Å². The number of likely N-dealkylation sites (tertiary alicyclic amines) is 2. The first kappa shape index (κ1) is 28.2. The van der Waals surface area contributed by atoms with E-state index in [4.69, 9.17) is 0 Å². The third-order valence-corrected chi connectivity index (χ3v) is 9.63. The zero-order chi connectivity index (χ0) is 24.2. The van der Waals surface area contributed by atoms with Gasteiger partial charge in [-0.1, -0.05) is 82.1 Å². The topological polar surface area (TPSA) is 6.48 Å². The predicted molar refractivity (Wildman–Crippen MR) is 143 cm³/mol. The van der Waals surface area contributed by atoms with Crippen molar-refractivity contribution in [1.29, 1.82) is 0 Å². The van der Waals surface area contributed by atoms with Crippen molar-refractivity contribution < 1.29 is 0 Å². The van der Waals surface area contributed by atoms with E-state index < -0.39 is 0 Å². The maximum absolute atomic E-state index is 2.81. The highest BCUT2D eigenvalue weighted by molar-refractivity contribution is 4.97. The molecule has 0 aliphatic carbocycles. The van der Waals surface area contributed by atoms with Gasteiger partial charge in [-0.15, -0.1) is 0 Å². The zero-order valence-electron chi connectivity index (χ0n) is 23.9. The van der Waals surface area contributed by atoms with Crippen LogP contribution in [0.1, 0.15) is 121 Å². The summed E-state index contributed by atoms with van der Waals surface area (Å²) in [6.07, 6.45) is 11.1. The molecular weight excluding hydrogens is 388 g/mol. The fourth-order valence-electron chi connectivity index (χ4n) is 7.50. The van der Waals surface area contributed by atoms with Crippen molar-refractivity contribution in [2.45, 2.75) is 121 Å². The SMILES string of the molecule is CC(C)[C@@](CCCC(C)(C)[C@@H](CN1CCCC1)C(C)(C)C)(CN1CCCCC1)C(C)(C)C. The van der Waals surface area contributed by atoms with E-state index in [1.165, 1.54) is 90.6 Å². The summed E-state index contributed by atoms with van der Waals surface area (Å²) in [5.74, 6) is 1.47. The lowest BCUT2D eigenvalue weighted by molar-refractivity contribution is -0.0284. The molecule has 2 saturated heterocycles. The minimum Gasteiger partial charge on any atom is -0.303 e. The summed E-state index contributed by atoms with van der Waals surface area (Å²) in [5.41, 5.74) is 1.47. The fraction of sp³-hybridized carbons (Fsp3) is 1.00. The van der Waals surface area contributed by atoms with Gasteiger partial charge in [0.25, 0.3) is 0 Å². The van der Waals surface area contributed by atoms with Gasteiger partial charge in [0.15, 0.2) is 0 Å². The van der Waals surface area contributed by atoms with Crippen LogP contribution < -0.4 is 0 Å². The zero-order valence-corrected chi connectivity index (χ0v) is 23.9. The molecule has 0 radical (unpaired) electrons. The Kier molecular flexibility index (Phi) is 9.77. The highest BCUT2D eigenvalue weighted by Gasteiger charge is 2.46. The van der Waals surface area contributed by atoms with Gasteiger partial charge in [0.05, 0.1) is 0 Å². The Morgan fingerprint density at radius 3 is 1.62 bits per heavy atom. The van der Waals surface area contributed by atoms with E-state index in [1.54, 1.807) is 0 Å². The minimum absolute atomic E-state index is 0.335. The molecular formula is C30H60N2. The Bertz CT molecular complexity index is 538. The monoisotopic (exact) mass is 448 g/mol. The summed E-state index contributed by atoms with van der Waals surface area (Å²) in [6, 6.07) is 0. The quantitative estimate of drug-likeness (QED) is 0.333. The summed E-state index contributed by atoms with van der Waals surface area (Å²) in [4.78, 5) is 5.56. The van der Waals surface area contributed by atoms with Crippen LogP contribution in [0, 0.1) is 33.5 Å². The molecule has 2 aliphatic heterocycles. The van der Waals surface area contributed by atoms with E-state index in [-0.39, 0.29) is 0 Å². The molecule has 0 unspecified atom stereocenters. The molecule has 0 aromatic rings. The van der Waals surface area contributed by atoms with Crippen LogP contribution in [0.4, 0.5) is 0 Å². The molecule has 2 rings (SSSR count). The van der Waals surface area contributed by atoms with Gasteiger partial charge >= 0.3 is 0 Å². The standard InChI is InChI=1S/C30H60N2/c1-25(2)30(28(6,7)8,24-32-21-12-11-13-22-32)18-16-17-29(9,10)26(27(3,4)5)23-31-19-14-15-20-31/h25-26H,11-24H2,1-10H3/t26-,30+/m0/s1. The Labute approximate surface area is 203 Å². The van der Waals surface area contributed by atoms with Gasteiger partial charge in [-0.05, 0) is 98.2 Å². The third-order valence-electron chi connectivity index (χ3n) is 9.63. The molecule has 2 atom stereocenters. The van der Waals surface area contributed by atoms with E-state index in [9.17, 15) is 0 Å². The molecule has 2 nitrogen and oxygen atoms in total. The molecule has 0 amide bonds. The Morgan fingerprint density at radius 2 is 1.16 bits per heavy atom. The molecule has 2 aliphatic rings. The predicted octanol–water partition coefficient (Wildman–Crippen LogP) is 8.12. The smallest absolute Gasteiger partial charge is 0.00454 e. The average Bonchev–Trinajstić information content (AvgIpc) is 3.17. The van der Waals surface area contributed by atoms with Crippen LogP contribution >= 0.6 is 0 Å². The largest absolute Gasteiger partial charge is 0.303 e. The number of hydrogen-bond acceptors (Lipinski definition) is 2. The van der Waals surface area contributed by atoms with Gasteiger partial charge in [0.2, 0.25) is 0 Å². The second-order valence-electron chi connectivity index (χ2n) is 14.7. The number of piperidine rings is 1. The van der Waals surface area contributed by atoms with Gasteiger partial charge in [-0.3, -0.25) is 0 Å². The van der Waals surface area contributed by atoms with Crippen molar-refractivity contribution >= 4 is 0 Å². The molecule has 32 heavy (non-hydrogen) atoms. The molecule has 0 spiro atoms. The first-order chi connectivity index (χ1) is 14.7. The van der Waals surface area contributed by atoms with Gasteiger partial charge in [0.1, 0.15) is 0 Å². The first-order valence-corrected chi connectivity index (χ1v) is 14.1.